The van der Waals surface area contributed by atoms with Crippen molar-refractivity contribution in [3.63, 3.8) is 0 Å². The maximum Gasteiger partial charge on any atom is 0.271 e. The van der Waals surface area contributed by atoms with Gasteiger partial charge in [-0.25, -0.2) is 9.07 Å². The molecule has 1 aromatic heterocycles. The minimum atomic E-state index is -0.662. The van der Waals surface area contributed by atoms with Gasteiger partial charge in [0.05, 0.1) is 17.7 Å². The average molecular weight is 238 g/mol. The van der Waals surface area contributed by atoms with E-state index in [1.165, 1.54) is 6.20 Å². The Hall–Kier alpha value is -2.35. The summed E-state index contributed by atoms with van der Waals surface area (Å²) in [6.45, 7) is -0.337. The molecule has 0 radical (unpaired) electrons. The molecule has 0 unspecified atom stereocenters. The molecule has 0 aliphatic carbocycles. The number of benzene rings is 1. The summed E-state index contributed by atoms with van der Waals surface area (Å²) < 4.78 is 14.5. The van der Waals surface area contributed by atoms with Crippen LogP contribution in [0, 0.1) is 15.9 Å². The highest BCUT2D eigenvalue weighted by Gasteiger charge is 2.13. The van der Waals surface area contributed by atoms with Gasteiger partial charge in [-0.3, -0.25) is 10.1 Å². The molecule has 0 aliphatic heterocycles. The van der Waals surface area contributed by atoms with Crippen molar-refractivity contribution in [3.8, 4) is 5.69 Å². The fraction of sp³-hybridized carbons (Fsp3) is 0.111. The summed E-state index contributed by atoms with van der Waals surface area (Å²) in [6, 6.07) is 3.08. The SMILES string of the molecule is O=[N+]([O-])c1ccc(F)c(-n2cc(CO)nn2)c1. The molecule has 8 heteroatoms. The lowest BCUT2D eigenvalue weighted by Crippen LogP contribution is -2.00. The van der Waals surface area contributed by atoms with Gasteiger partial charge in [0, 0.05) is 12.1 Å². The molecule has 0 saturated heterocycles. The summed E-state index contributed by atoms with van der Waals surface area (Å²) >= 11 is 0. The summed E-state index contributed by atoms with van der Waals surface area (Å²) in [5, 5.41) is 26.5. The van der Waals surface area contributed by atoms with Gasteiger partial charge in [-0.2, -0.15) is 0 Å². The van der Waals surface area contributed by atoms with Gasteiger partial charge in [-0.15, -0.1) is 5.10 Å². The summed E-state index contributed by atoms with van der Waals surface area (Å²) in [4.78, 5) is 9.92. The van der Waals surface area contributed by atoms with Crippen LogP contribution in [0.3, 0.4) is 0 Å². The van der Waals surface area contributed by atoms with Crippen LogP contribution < -0.4 is 0 Å². The lowest BCUT2D eigenvalue weighted by Gasteiger charge is -2.01. The highest BCUT2D eigenvalue weighted by Crippen LogP contribution is 2.19. The van der Waals surface area contributed by atoms with Gasteiger partial charge in [0.15, 0.2) is 0 Å². The predicted molar refractivity (Wildman–Crippen MR) is 53.9 cm³/mol. The number of aliphatic hydroxyl groups excluding tert-OH is 1. The minimum absolute atomic E-state index is 0.0913. The summed E-state index contributed by atoms with van der Waals surface area (Å²) in [5.41, 5.74) is -0.0928. The van der Waals surface area contributed by atoms with Gasteiger partial charge < -0.3 is 5.11 Å². The van der Waals surface area contributed by atoms with Crippen molar-refractivity contribution in [1.82, 2.24) is 15.0 Å². The quantitative estimate of drug-likeness (QED) is 0.630. The zero-order valence-corrected chi connectivity index (χ0v) is 8.45. The second kappa shape index (κ2) is 4.26. The van der Waals surface area contributed by atoms with E-state index >= 15 is 0 Å². The first-order valence-electron chi connectivity index (χ1n) is 4.58. The van der Waals surface area contributed by atoms with E-state index in [1.807, 2.05) is 0 Å². The molecule has 0 amide bonds. The molecule has 0 atom stereocenters. The highest BCUT2D eigenvalue weighted by atomic mass is 19.1. The molecule has 7 nitrogen and oxygen atoms in total. The number of nitrogens with zero attached hydrogens (tertiary/aromatic N) is 4. The van der Waals surface area contributed by atoms with E-state index in [2.05, 4.69) is 10.3 Å². The lowest BCUT2D eigenvalue weighted by molar-refractivity contribution is -0.384. The molecule has 0 saturated carbocycles. The molecule has 1 heterocycles. The fourth-order valence-electron chi connectivity index (χ4n) is 1.28. The molecule has 0 spiro atoms. The second-order valence-corrected chi connectivity index (χ2v) is 3.21. The number of nitro groups is 1. The zero-order valence-electron chi connectivity index (χ0n) is 8.45. The molecule has 2 rings (SSSR count). The molecule has 1 aromatic carbocycles. The van der Waals surface area contributed by atoms with E-state index in [9.17, 15) is 14.5 Å². The van der Waals surface area contributed by atoms with E-state index in [0.29, 0.717) is 0 Å². The van der Waals surface area contributed by atoms with Crippen LogP contribution in [0.4, 0.5) is 10.1 Å². The fourth-order valence-corrected chi connectivity index (χ4v) is 1.28. The zero-order chi connectivity index (χ0) is 12.4. The van der Waals surface area contributed by atoms with Gasteiger partial charge >= 0.3 is 0 Å². The first-order chi connectivity index (χ1) is 8.11. The minimum Gasteiger partial charge on any atom is -0.390 e. The maximum absolute atomic E-state index is 13.5. The molecular formula is C9H7FN4O3. The monoisotopic (exact) mass is 238 g/mol. The van der Waals surface area contributed by atoms with Crippen LogP contribution in [0.2, 0.25) is 0 Å². The van der Waals surface area contributed by atoms with Crippen molar-refractivity contribution in [3.05, 3.63) is 46.0 Å². The average Bonchev–Trinajstić information content (AvgIpc) is 2.77. The summed E-state index contributed by atoms with van der Waals surface area (Å²) in [7, 11) is 0. The molecular weight excluding hydrogens is 231 g/mol. The van der Waals surface area contributed by atoms with Crippen molar-refractivity contribution in [2.75, 3.05) is 0 Å². The van der Waals surface area contributed by atoms with Gasteiger partial charge in [0.2, 0.25) is 0 Å². The normalized spacial score (nSPS) is 10.5. The molecule has 17 heavy (non-hydrogen) atoms. The molecule has 0 fully saturated rings. The molecule has 2 aromatic rings. The second-order valence-electron chi connectivity index (χ2n) is 3.21. The summed E-state index contributed by atoms with van der Waals surface area (Å²) in [5.74, 6) is -0.662. The Morgan fingerprint density at radius 1 is 1.53 bits per heavy atom. The number of aliphatic hydroxyl groups is 1. The highest BCUT2D eigenvalue weighted by molar-refractivity contribution is 5.43. The largest absolute Gasteiger partial charge is 0.390 e. The summed E-state index contributed by atoms with van der Waals surface area (Å²) in [6.07, 6.45) is 1.29. The molecule has 88 valence electrons. The number of non-ortho nitro benzene ring substituents is 1. The Morgan fingerprint density at radius 2 is 2.29 bits per heavy atom. The third-order valence-corrected chi connectivity index (χ3v) is 2.09. The van der Waals surface area contributed by atoms with Crippen LogP contribution in [-0.2, 0) is 6.61 Å². The number of halogens is 1. The number of rotatable bonds is 3. The first kappa shape index (κ1) is 11.1. The Bertz CT molecular complexity index is 569. The van der Waals surface area contributed by atoms with Crippen molar-refractivity contribution < 1.29 is 14.4 Å². The number of aromatic nitrogens is 3. The van der Waals surface area contributed by atoms with Crippen molar-refractivity contribution >= 4 is 5.69 Å². The molecule has 0 aliphatic rings. The molecule has 1 N–H and O–H groups in total. The first-order valence-corrected chi connectivity index (χ1v) is 4.58. The van der Waals surface area contributed by atoms with Crippen LogP contribution >= 0.6 is 0 Å². The van der Waals surface area contributed by atoms with Gasteiger partial charge in [0.25, 0.3) is 5.69 Å². The van der Waals surface area contributed by atoms with E-state index in [1.54, 1.807) is 0 Å². The number of hydrogen-bond donors (Lipinski definition) is 1. The Labute approximate surface area is 94.3 Å². The van der Waals surface area contributed by atoms with E-state index in [0.717, 1.165) is 22.9 Å². The van der Waals surface area contributed by atoms with Gasteiger partial charge in [0.1, 0.15) is 17.2 Å². The van der Waals surface area contributed by atoms with Crippen LogP contribution in [0.15, 0.2) is 24.4 Å². The maximum atomic E-state index is 13.5. The Balaban J connectivity index is 2.49. The van der Waals surface area contributed by atoms with Crippen LogP contribution in [0.1, 0.15) is 5.69 Å². The predicted octanol–water partition coefficient (Wildman–Crippen LogP) is 0.807. The van der Waals surface area contributed by atoms with E-state index in [4.69, 9.17) is 5.11 Å². The number of hydrogen-bond acceptors (Lipinski definition) is 5. The van der Waals surface area contributed by atoms with E-state index < -0.39 is 10.7 Å². The topological polar surface area (TPSA) is 94.1 Å². The van der Waals surface area contributed by atoms with Gasteiger partial charge in [-0.1, -0.05) is 5.21 Å². The van der Waals surface area contributed by atoms with Crippen molar-refractivity contribution in [2.45, 2.75) is 6.61 Å². The molecule has 0 bridgehead atoms. The third-order valence-electron chi connectivity index (χ3n) is 2.09. The van der Waals surface area contributed by atoms with Gasteiger partial charge in [-0.05, 0) is 6.07 Å². The van der Waals surface area contributed by atoms with Crippen molar-refractivity contribution in [2.24, 2.45) is 0 Å². The Morgan fingerprint density at radius 3 is 2.88 bits per heavy atom. The lowest BCUT2D eigenvalue weighted by atomic mass is 10.2. The van der Waals surface area contributed by atoms with Crippen LogP contribution in [0.25, 0.3) is 5.69 Å². The smallest absolute Gasteiger partial charge is 0.271 e. The Kier molecular flexibility index (Phi) is 2.79. The van der Waals surface area contributed by atoms with Crippen molar-refractivity contribution in [1.29, 1.82) is 0 Å². The van der Waals surface area contributed by atoms with Crippen LogP contribution in [-0.4, -0.2) is 25.0 Å². The third kappa shape index (κ3) is 2.11. The van der Waals surface area contributed by atoms with E-state index in [-0.39, 0.29) is 23.7 Å². The number of nitro benzene ring substituents is 1. The van der Waals surface area contributed by atoms with Crippen LogP contribution in [0.5, 0.6) is 0 Å². The standard InChI is InChI=1S/C9H7FN4O3/c10-8-2-1-7(14(16)17)3-9(8)13-4-6(5-15)11-12-13/h1-4,15H,5H2.